The molecule has 1 saturated heterocycles. The number of non-ortho nitro benzene ring substituents is 1. The van der Waals surface area contributed by atoms with Gasteiger partial charge in [0.2, 0.25) is 10.0 Å². The van der Waals surface area contributed by atoms with Gasteiger partial charge in [-0.15, -0.1) is 12.4 Å². The lowest BCUT2D eigenvalue weighted by Crippen LogP contribution is -2.45. The SMILES string of the molecule is COc1ccc([N+](=O)[O-])cc1S(=O)(=O)N[C@H]1CCCNC1.Cl. The molecule has 1 aromatic carbocycles. The van der Waals surface area contributed by atoms with Crippen LogP contribution in [0.1, 0.15) is 12.8 Å². The molecule has 22 heavy (non-hydrogen) atoms. The van der Waals surface area contributed by atoms with E-state index in [9.17, 15) is 18.5 Å². The molecule has 0 bridgehead atoms. The van der Waals surface area contributed by atoms with Gasteiger partial charge >= 0.3 is 0 Å². The van der Waals surface area contributed by atoms with E-state index in [0.29, 0.717) is 6.54 Å². The standard InChI is InChI=1S/C12H17N3O5S.ClH/c1-20-11-5-4-10(15(16)17)7-12(11)21(18,19)14-9-3-2-6-13-8-9;/h4-5,7,9,13-14H,2-3,6,8H2,1H3;1H/t9-;/m0./s1. The highest BCUT2D eigenvalue weighted by Gasteiger charge is 2.26. The monoisotopic (exact) mass is 351 g/mol. The Morgan fingerprint density at radius 1 is 1.45 bits per heavy atom. The average Bonchev–Trinajstić information content (AvgIpc) is 2.47. The summed E-state index contributed by atoms with van der Waals surface area (Å²) in [5.41, 5.74) is -0.294. The molecule has 8 nitrogen and oxygen atoms in total. The second-order valence-corrected chi connectivity index (χ2v) is 6.44. The van der Waals surface area contributed by atoms with Crippen molar-refractivity contribution in [3.63, 3.8) is 0 Å². The zero-order valence-corrected chi connectivity index (χ0v) is 13.6. The molecular weight excluding hydrogens is 334 g/mol. The third-order valence-corrected chi connectivity index (χ3v) is 4.81. The molecule has 2 rings (SSSR count). The number of nitro benzene ring substituents is 1. The number of hydrogen-bond acceptors (Lipinski definition) is 6. The van der Waals surface area contributed by atoms with Crippen LogP contribution in [0.3, 0.4) is 0 Å². The number of nitro groups is 1. The molecule has 0 aliphatic carbocycles. The van der Waals surface area contributed by atoms with E-state index in [1.54, 1.807) is 0 Å². The Hall–Kier alpha value is -1.42. The Morgan fingerprint density at radius 2 is 2.18 bits per heavy atom. The van der Waals surface area contributed by atoms with E-state index in [0.717, 1.165) is 25.5 Å². The second-order valence-electron chi connectivity index (χ2n) is 4.76. The van der Waals surface area contributed by atoms with E-state index >= 15 is 0 Å². The van der Waals surface area contributed by atoms with Crippen molar-refractivity contribution in [3.05, 3.63) is 28.3 Å². The lowest BCUT2D eigenvalue weighted by atomic mass is 10.1. The van der Waals surface area contributed by atoms with Crippen molar-refractivity contribution in [2.75, 3.05) is 20.2 Å². The summed E-state index contributed by atoms with van der Waals surface area (Å²) in [4.78, 5) is 9.95. The number of methoxy groups -OCH3 is 1. The first-order valence-corrected chi connectivity index (χ1v) is 7.98. The normalized spacial score (nSPS) is 18.3. The van der Waals surface area contributed by atoms with Crippen molar-refractivity contribution in [2.24, 2.45) is 0 Å². The van der Waals surface area contributed by atoms with Gasteiger partial charge in [-0.25, -0.2) is 13.1 Å². The van der Waals surface area contributed by atoms with Crippen LogP contribution in [0, 0.1) is 10.1 Å². The summed E-state index contributed by atoms with van der Waals surface area (Å²) >= 11 is 0. The maximum absolute atomic E-state index is 12.4. The van der Waals surface area contributed by atoms with Crippen LogP contribution in [0.25, 0.3) is 0 Å². The molecule has 10 heteroatoms. The minimum absolute atomic E-state index is 0. The number of sulfonamides is 1. The van der Waals surface area contributed by atoms with Crippen LogP contribution in [0.4, 0.5) is 5.69 Å². The Bertz CT molecular complexity index is 632. The number of ether oxygens (including phenoxy) is 1. The van der Waals surface area contributed by atoms with Crippen LogP contribution in [0.5, 0.6) is 5.75 Å². The van der Waals surface area contributed by atoms with Crippen LogP contribution in [-0.2, 0) is 10.0 Å². The van der Waals surface area contributed by atoms with E-state index in [4.69, 9.17) is 4.74 Å². The topological polar surface area (TPSA) is 111 Å². The van der Waals surface area contributed by atoms with E-state index in [-0.39, 0.29) is 34.8 Å². The minimum atomic E-state index is -3.88. The fraction of sp³-hybridized carbons (Fsp3) is 0.500. The predicted octanol–water partition coefficient (Wildman–Crippen LogP) is 1.06. The highest BCUT2D eigenvalue weighted by molar-refractivity contribution is 7.89. The summed E-state index contributed by atoms with van der Waals surface area (Å²) in [5.74, 6) is 0.0804. The predicted molar refractivity (Wildman–Crippen MR) is 83.1 cm³/mol. The molecule has 124 valence electrons. The van der Waals surface area contributed by atoms with Crippen LogP contribution in [0.15, 0.2) is 23.1 Å². The van der Waals surface area contributed by atoms with Gasteiger partial charge in [0.15, 0.2) is 0 Å². The van der Waals surface area contributed by atoms with E-state index in [1.165, 1.54) is 19.2 Å². The van der Waals surface area contributed by atoms with Crippen molar-refractivity contribution in [3.8, 4) is 5.75 Å². The lowest BCUT2D eigenvalue weighted by Gasteiger charge is -2.23. The molecule has 1 heterocycles. The summed E-state index contributed by atoms with van der Waals surface area (Å²) < 4.78 is 32.4. The highest BCUT2D eigenvalue weighted by atomic mass is 35.5. The number of nitrogens with one attached hydrogen (secondary N) is 2. The van der Waals surface area contributed by atoms with Crippen molar-refractivity contribution < 1.29 is 18.1 Å². The van der Waals surface area contributed by atoms with E-state index < -0.39 is 14.9 Å². The van der Waals surface area contributed by atoms with Gasteiger partial charge in [-0.3, -0.25) is 10.1 Å². The largest absolute Gasteiger partial charge is 0.495 e. The fourth-order valence-electron chi connectivity index (χ4n) is 2.22. The number of benzene rings is 1. The van der Waals surface area contributed by atoms with Gasteiger partial charge in [0, 0.05) is 24.7 Å². The average molecular weight is 352 g/mol. The second kappa shape index (κ2) is 7.73. The third kappa shape index (κ3) is 4.29. The van der Waals surface area contributed by atoms with Gasteiger partial charge in [-0.1, -0.05) is 0 Å². The zero-order valence-electron chi connectivity index (χ0n) is 11.9. The van der Waals surface area contributed by atoms with Crippen LogP contribution >= 0.6 is 12.4 Å². The Labute approximate surface area is 134 Å². The number of piperidine rings is 1. The number of rotatable bonds is 5. The molecule has 1 aromatic rings. The Morgan fingerprint density at radius 3 is 2.73 bits per heavy atom. The van der Waals surface area contributed by atoms with Crippen LogP contribution in [-0.4, -0.2) is 39.6 Å². The molecule has 0 saturated carbocycles. The first-order chi connectivity index (χ1) is 9.94. The lowest BCUT2D eigenvalue weighted by molar-refractivity contribution is -0.385. The number of halogens is 1. The van der Waals surface area contributed by atoms with Gasteiger partial charge in [-0.05, 0) is 25.5 Å². The first-order valence-electron chi connectivity index (χ1n) is 6.49. The molecule has 0 aromatic heterocycles. The van der Waals surface area contributed by atoms with Crippen molar-refractivity contribution >= 4 is 28.1 Å². The highest BCUT2D eigenvalue weighted by Crippen LogP contribution is 2.28. The van der Waals surface area contributed by atoms with E-state index in [2.05, 4.69) is 10.0 Å². The maximum Gasteiger partial charge on any atom is 0.271 e. The Kier molecular flexibility index (Phi) is 6.54. The number of hydrogen-bond donors (Lipinski definition) is 2. The van der Waals surface area contributed by atoms with Crippen molar-refractivity contribution in [1.29, 1.82) is 0 Å². The molecule has 0 spiro atoms. The van der Waals surface area contributed by atoms with Gasteiger partial charge in [0.1, 0.15) is 10.6 Å². The summed E-state index contributed by atoms with van der Waals surface area (Å²) in [6.07, 6.45) is 1.60. The molecular formula is C12H18ClN3O5S. The molecule has 1 fully saturated rings. The van der Waals surface area contributed by atoms with Crippen LogP contribution < -0.4 is 14.8 Å². The summed E-state index contributed by atoms with van der Waals surface area (Å²) in [6.45, 7) is 1.40. The smallest absolute Gasteiger partial charge is 0.271 e. The molecule has 1 aliphatic heterocycles. The summed E-state index contributed by atoms with van der Waals surface area (Å²) in [6, 6.07) is 3.27. The van der Waals surface area contributed by atoms with Crippen molar-refractivity contribution in [2.45, 2.75) is 23.8 Å². The number of nitrogens with zero attached hydrogens (tertiary/aromatic N) is 1. The summed E-state index contributed by atoms with van der Waals surface area (Å²) in [7, 11) is -2.56. The van der Waals surface area contributed by atoms with E-state index in [1.807, 2.05) is 0 Å². The van der Waals surface area contributed by atoms with Crippen LogP contribution in [0.2, 0.25) is 0 Å². The zero-order chi connectivity index (χ0) is 15.5. The Balaban J connectivity index is 0.00000242. The summed E-state index contributed by atoms with van der Waals surface area (Å²) in [5, 5.41) is 13.9. The maximum atomic E-state index is 12.4. The molecule has 1 atom stereocenters. The molecule has 1 aliphatic rings. The van der Waals surface area contributed by atoms with Gasteiger partial charge in [0.05, 0.1) is 12.0 Å². The van der Waals surface area contributed by atoms with Crippen molar-refractivity contribution in [1.82, 2.24) is 10.0 Å². The minimum Gasteiger partial charge on any atom is -0.495 e. The first kappa shape index (κ1) is 18.6. The molecule has 0 radical (unpaired) electrons. The quantitative estimate of drug-likeness (QED) is 0.606. The third-order valence-electron chi connectivity index (χ3n) is 3.27. The van der Waals surface area contributed by atoms with Gasteiger partial charge < -0.3 is 10.1 Å². The van der Waals surface area contributed by atoms with Gasteiger partial charge in [0.25, 0.3) is 5.69 Å². The fourth-order valence-corrected chi connectivity index (χ4v) is 3.68. The molecule has 0 unspecified atom stereocenters. The molecule has 0 amide bonds. The van der Waals surface area contributed by atoms with Gasteiger partial charge in [-0.2, -0.15) is 0 Å². The molecule has 2 N–H and O–H groups in total.